The van der Waals surface area contributed by atoms with E-state index in [1.165, 1.54) is 18.8 Å². The van der Waals surface area contributed by atoms with Gasteiger partial charge in [0.2, 0.25) is 0 Å². The van der Waals surface area contributed by atoms with Crippen molar-refractivity contribution in [3.63, 3.8) is 0 Å². The van der Waals surface area contributed by atoms with Gasteiger partial charge < -0.3 is 15.0 Å². The first-order chi connectivity index (χ1) is 5.88. The zero-order valence-corrected chi connectivity index (χ0v) is 8.54. The molecule has 1 atom stereocenters. The number of carbonyl (C=O) groups is 1. The maximum Gasteiger partial charge on any atom is 0.257 e. The minimum Gasteiger partial charge on any atom is -0.384 e. The van der Waals surface area contributed by atoms with E-state index in [9.17, 15) is 14.5 Å². The smallest absolute Gasteiger partial charge is 0.257 e. The van der Waals surface area contributed by atoms with Crippen molar-refractivity contribution >= 4 is 13.0 Å². The molecule has 0 heterocycles. The SMILES string of the molecule is CP(C)(=O)C(O)CNCC(=O)NO. The van der Waals surface area contributed by atoms with E-state index in [1.807, 2.05) is 0 Å². The molecule has 0 aromatic heterocycles. The Kier molecular flexibility index (Phi) is 5.17. The van der Waals surface area contributed by atoms with Gasteiger partial charge in [0.15, 0.2) is 0 Å². The van der Waals surface area contributed by atoms with Crippen molar-refractivity contribution in [2.24, 2.45) is 0 Å². The van der Waals surface area contributed by atoms with Crippen LogP contribution in [0.5, 0.6) is 0 Å². The van der Waals surface area contributed by atoms with Crippen LogP contribution in [0, 0.1) is 0 Å². The number of aliphatic hydroxyl groups is 1. The summed E-state index contributed by atoms with van der Waals surface area (Å²) < 4.78 is 11.2. The summed E-state index contributed by atoms with van der Waals surface area (Å²) >= 11 is 0. The van der Waals surface area contributed by atoms with Gasteiger partial charge in [-0.25, -0.2) is 5.48 Å². The Hall–Kier alpha value is -0.420. The zero-order chi connectivity index (χ0) is 10.5. The molecule has 0 aliphatic carbocycles. The standard InChI is InChI=1S/C6H15N2O4P/c1-13(2,12)6(10)4-7-3-5(9)8-11/h6-7,10-11H,3-4H2,1-2H3,(H,8,9). The molecular formula is C6H15N2O4P. The molecule has 0 radical (unpaired) electrons. The Morgan fingerprint density at radius 1 is 1.54 bits per heavy atom. The number of hydrogen-bond donors (Lipinski definition) is 4. The first-order valence-corrected chi connectivity index (χ1v) is 6.41. The highest BCUT2D eigenvalue weighted by molar-refractivity contribution is 7.62. The summed E-state index contributed by atoms with van der Waals surface area (Å²) in [5, 5.41) is 19.9. The van der Waals surface area contributed by atoms with E-state index in [0.29, 0.717) is 0 Å². The minimum absolute atomic E-state index is 0.0672. The summed E-state index contributed by atoms with van der Waals surface area (Å²) in [5.74, 6) is -1.56. The Morgan fingerprint density at radius 3 is 2.46 bits per heavy atom. The van der Waals surface area contributed by atoms with Gasteiger partial charge in [0.05, 0.1) is 6.54 Å². The van der Waals surface area contributed by atoms with Crippen LogP contribution in [-0.4, -0.2) is 48.5 Å². The van der Waals surface area contributed by atoms with Crippen molar-refractivity contribution in [3.05, 3.63) is 0 Å². The number of rotatable bonds is 5. The van der Waals surface area contributed by atoms with Gasteiger partial charge in [-0.05, 0) is 13.3 Å². The maximum absolute atomic E-state index is 11.2. The lowest BCUT2D eigenvalue weighted by atomic mass is 10.5. The monoisotopic (exact) mass is 210 g/mol. The van der Waals surface area contributed by atoms with E-state index in [0.717, 1.165) is 0 Å². The van der Waals surface area contributed by atoms with Crippen molar-refractivity contribution in [1.82, 2.24) is 10.8 Å². The summed E-state index contributed by atoms with van der Waals surface area (Å²) in [7, 11) is -2.53. The third-order valence-electron chi connectivity index (χ3n) is 1.45. The Balaban J connectivity index is 3.66. The second-order valence-corrected chi connectivity index (χ2v) is 6.55. The van der Waals surface area contributed by atoms with Crippen LogP contribution in [0.3, 0.4) is 0 Å². The highest BCUT2D eigenvalue weighted by atomic mass is 31.2. The number of hydroxylamine groups is 1. The highest BCUT2D eigenvalue weighted by Crippen LogP contribution is 2.40. The van der Waals surface area contributed by atoms with Gasteiger partial charge >= 0.3 is 0 Å². The molecule has 1 unspecified atom stereocenters. The van der Waals surface area contributed by atoms with Gasteiger partial charge in [0, 0.05) is 6.54 Å². The van der Waals surface area contributed by atoms with Gasteiger partial charge in [-0.3, -0.25) is 10.0 Å². The zero-order valence-electron chi connectivity index (χ0n) is 7.65. The molecule has 78 valence electrons. The molecule has 0 saturated heterocycles. The first-order valence-electron chi connectivity index (χ1n) is 3.74. The molecule has 0 bridgehead atoms. The lowest BCUT2D eigenvalue weighted by molar-refractivity contribution is -0.128. The molecule has 13 heavy (non-hydrogen) atoms. The van der Waals surface area contributed by atoms with Crippen LogP contribution >= 0.6 is 7.14 Å². The summed E-state index contributed by atoms with van der Waals surface area (Å²) in [6.45, 7) is 2.88. The number of amides is 1. The molecule has 6 nitrogen and oxygen atoms in total. The fourth-order valence-corrected chi connectivity index (χ4v) is 1.14. The first kappa shape index (κ1) is 12.6. The van der Waals surface area contributed by atoms with Crippen LogP contribution in [0.2, 0.25) is 0 Å². The largest absolute Gasteiger partial charge is 0.384 e. The van der Waals surface area contributed by atoms with Crippen molar-refractivity contribution in [3.8, 4) is 0 Å². The normalized spacial score (nSPS) is 13.8. The van der Waals surface area contributed by atoms with E-state index < -0.39 is 18.9 Å². The van der Waals surface area contributed by atoms with Crippen LogP contribution in [0.25, 0.3) is 0 Å². The Bertz CT molecular complexity index is 215. The molecule has 0 aromatic rings. The summed E-state index contributed by atoms with van der Waals surface area (Å²) in [6.07, 6.45) is 0. The van der Waals surface area contributed by atoms with Crippen molar-refractivity contribution in [2.75, 3.05) is 26.4 Å². The minimum atomic E-state index is -2.53. The predicted octanol–water partition coefficient (Wildman–Crippen LogP) is -0.977. The third kappa shape index (κ3) is 5.76. The molecule has 0 saturated carbocycles. The number of carbonyl (C=O) groups excluding carboxylic acids is 1. The predicted molar refractivity (Wildman–Crippen MR) is 48.3 cm³/mol. The number of nitrogens with one attached hydrogen (secondary N) is 2. The highest BCUT2D eigenvalue weighted by Gasteiger charge is 2.19. The summed E-state index contributed by atoms with van der Waals surface area (Å²) in [5.41, 5.74) is 1.43. The van der Waals surface area contributed by atoms with Crippen molar-refractivity contribution in [2.45, 2.75) is 5.85 Å². The molecule has 0 spiro atoms. The fraction of sp³-hybridized carbons (Fsp3) is 0.833. The third-order valence-corrected chi connectivity index (χ3v) is 3.07. The van der Waals surface area contributed by atoms with Crippen LogP contribution in [-0.2, 0) is 9.36 Å². The van der Waals surface area contributed by atoms with Crippen molar-refractivity contribution in [1.29, 1.82) is 0 Å². The molecule has 0 aliphatic rings. The molecule has 4 N–H and O–H groups in total. The Morgan fingerprint density at radius 2 is 2.08 bits per heavy atom. The lowest BCUT2D eigenvalue weighted by Crippen LogP contribution is -2.35. The summed E-state index contributed by atoms with van der Waals surface area (Å²) in [4.78, 5) is 10.5. The van der Waals surface area contributed by atoms with Gasteiger partial charge in [0.25, 0.3) is 5.91 Å². The van der Waals surface area contributed by atoms with E-state index in [1.54, 1.807) is 0 Å². The quantitative estimate of drug-likeness (QED) is 0.265. The average molecular weight is 210 g/mol. The van der Waals surface area contributed by atoms with Crippen molar-refractivity contribution < 1.29 is 19.7 Å². The van der Waals surface area contributed by atoms with E-state index >= 15 is 0 Å². The topological polar surface area (TPSA) is 98.7 Å². The maximum atomic E-state index is 11.2. The van der Waals surface area contributed by atoms with Gasteiger partial charge in [-0.15, -0.1) is 0 Å². The molecule has 0 rings (SSSR count). The average Bonchev–Trinajstić information content (AvgIpc) is 2.02. The second-order valence-electron chi connectivity index (χ2n) is 3.08. The van der Waals surface area contributed by atoms with Gasteiger partial charge in [-0.2, -0.15) is 0 Å². The second kappa shape index (κ2) is 5.34. The van der Waals surface area contributed by atoms with E-state index in [4.69, 9.17) is 5.21 Å². The van der Waals surface area contributed by atoms with E-state index in [2.05, 4.69) is 5.32 Å². The van der Waals surface area contributed by atoms with Gasteiger partial charge in [0.1, 0.15) is 13.0 Å². The van der Waals surface area contributed by atoms with Crippen LogP contribution in [0.4, 0.5) is 0 Å². The number of aliphatic hydroxyl groups excluding tert-OH is 1. The molecule has 7 heteroatoms. The molecule has 1 amide bonds. The lowest BCUT2D eigenvalue weighted by Gasteiger charge is -2.15. The van der Waals surface area contributed by atoms with Crippen LogP contribution in [0.1, 0.15) is 0 Å². The summed E-state index contributed by atoms with van der Waals surface area (Å²) in [6, 6.07) is 0. The van der Waals surface area contributed by atoms with E-state index in [-0.39, 0.29) is 13.1 Å². The molecule has 0 aliphatic heterocycles. The Labute approximate surface area is 76.7 Å². The van der Waals surface area contributed by atoms with Gasteiger partial charge in [-0.1, -0.05) is 0 Å². The van der Waals surface area contributed by atoms with Crippen LogP contribution in [0.15, 0.2) is 0 Å². The molecular weight excluding hydrogens is 195 g/mol. The van der Waals surface area contributed by atoms with Crippen LogP contribution < -0.4 is 10.8 Å². The molecule has 0 aromatic carbocycles. The molecule has 0 fully saturated rings. The fourth-order valence-electron chi connectivity index (χ4n) is 0.574. The number of hydrogen-bond acceptors (Lipinski definition) is 5.